The topological polar surface area (TPSA) is 56.0 Å². The van der Waals surface area contributed by atoms with E-state index in [1.165, 1.54) is 0 Å². The standard InChI is InChI=1S/C14H20IN5O/c1-6-20-10(3)11(9(2)17-20)8-18(4)14(21)13-12(15)7-16-19(13)5/h7H,6,8H2,1-5H3. The van der Waals surface area contributed by atoms with Crippen molar-refractivity contribution in [3.8, 4) is 0 Å². The van der Waals surface area contributed by atoms with Gasteiger partial charge in [-0.05, 0) is 43.4 Å². The van der Waals surface area contributed by atoms with E-state index in [-0.39, 0.29) is 5.91 Å². The minimum Gasteiger partial charge on any atom is -0.336 e. The van der Waals surface area contributed by atoms with Crippen LogP contribution in [0.4, 0.5) is 0 Å². The molecule has 0 saturated carbocycles. The van der Waals surface area contributed by atoms with Crippen LogP contribution in [0.3, 0.4) is 0 Å². The molecular weight excluding hydrogens is 381 g/mol. The quantitative estimate of drug-likeness (QED) is 0.738. The predicted octanol–water partition coefficient (Wildman–Crippen LogP) is 2.13. The first-order valence-electron chi connectivity index (χ1n) is 6.82. The van der Waals surface area contributed by atoms with Gasteiger partial charge in [-0.15, -0.1) is 0 Å². The number of nitrogens with zero attached hydrogens (tertiary/aromatic N) is 5. The number of amides is 1. The lowest BCUT2D eigenvalue weighted by Crippen LogP contribution is -2.29. The van der Waals surface area contributed by atoms with Crippen LogP contribution in [-0.2, 0) is 20.1 Å². The molecule has 2 aromatic heterocycles. The molecular formula is C14H20IN5O. The summed E-state index contributed by atoms with van der Waals surface area (Å²) in [5.41, 5.74) is 3.84. The summed E-state index contributed by atoms with van der Waals surface area (Å²) >= 11 is 2.14. The molecule has 0 aromatic carbocycles. The molecule has 7 heteroatoms. The lowest BCUT2D eigenvalue weighted by Gasteiger charge is -2.18. The van der Waals surface area contributed by atoms with Crippen LogP contribution < -0.4 is 0 Å². The van der Waals surface area contributed by atoms with E-state index < -0.39 is 0 Å². The molecule has 0 aliphatic carbocycles. The molecule has 0 unspecified atom stereocenters. The smallest absolute Gasteiger partial charge is 0.273 e. The lowest BCUT2D eigenvalue weighted by atomic mass is 10.2. The highest BCUT2D eigenvalue weighted by molar-refractivity contribution is 14.1. The third kappa shape index (κ3) is 2.97. The SMILES string of the molecule is CCn1nc(C)c(CN(C)C(=O)c2c(I)cnn2C)c1C. The van der Waals surface area contributed by atoms with E-state index in [4.69, 9.17) is 0 Å². The zero-order chi connectivity index (χ0) is 15.7. The number of halogens is 1. The van der Waals surface area contributed by atoms with Crippen molar-refractivity contribution in [1.29, 1.82) is 0 Å². The third-order valence-corrected chi connectivity index (χ3v) is 4.46. The second-order valence-corrected chi connectivity index (χ2v) is 6.25. The Labute approximate surface area is 138 Å². The van der Waals surface area contributed by atoms with E-state index in [9.17, 15) is 4.79 Å². The van der Waals surface area contributed by atoms with Crippen molar-refractivity contribution in [1.82, 2.24) is 24.5 Å². The third-order valence-electron chi connectivity index (χ3n) is 3.67. The van der Waals surface area contributed by atoms with Gasteiger partial charge < -0.3 is 4.90 Å². The Morgan fingerprint density at radius 3 is 2.57 bits per heavy atom. The molecule has 0 aliphatic heterocycles. The second kappa shape index (κ2) is 6.17. The summed E-state index contributed by atoms with van der Waals surface area (Å²) in [7, 11) is 3.60. The van der Waals surface area contributed by atoms with Crippen molar-refractivity contribution in [3.05, 3.63) is 32.4 Å². The van der Waals surface area contributed by atoms with Crippen LogP contribution in [0.5, 0.6) is 0 Å². The Hall–Kier alpha value is -1.38. The average molecular weight is 401 g/mol. The van der Waals surface area contributed by atoms with Crippen molar-refractivity contribution in [2.45, 2.75) is 33.9 Å². The summed E-state index contributed by atoms with van der Waals surface area (Å²) < 4.78 is 4.46. The zero-order valence-electron chi connectivity index (χ0n) is 13.0. The van der Waals surface area contributed by atoms with Crippen molar-refractivity contribution >= 4 is 28.5 Å². The molecule has 0 atom stereocenters. The van der Waals surface area contributed by atoms with E-state index in [0.717, 1.165) is 27.1 Å². The van der Waals surface area contributed by atoms with Crippen LogP contribution in [0.1, 0.15) is 34.4 Å². The Morgan fingerprint density at radius 1 is 1.43 bits per heavy atom. The van der Waals surface area contributed by atoms with Gasteiger partial charge in [0.1, 0.15) is 5.69 Å². The molecule has 6 nitrogen and oxygen atoms in total. The van der Waals surface area contributed by atoms with Crippen LogP contribution in [0.2, 0.25) is 0 Å². The number of hydrogen-bond acceptors (Lipinski definition) is 3. The summed E-state index contributed by atoms with van der Waals surface area (Å²) in [6.07, 6.45) is 1.70. The summed E-state index contributed by atoms with van der Waals surface area (Å²) in [4.78, 5) is 14.3. The number of carbonyl (C=O) groups excluding carboxylic acids is 1. The van der Waals surface area contributed by atoms with E-state index >= 15 is 0 Å². The van der Waals surface area contributed by atoms with E-state index in [1.807, 2.05) is 25.6 Å². The van der Waals surface area contributed by atoms with Crippen LogP contribution in [0, 0.1) is 17.4 Å². The van der Waals surface area contributed by atoms with Gasteiger partial charge in [-0.2, -0.15) is 10.2 Å². The first-order valence-corrected chi connectivity index (χ1v) is 7.90. The molecule has 0 saturated heterocycles. The maximum atomic E-state index is 12.6. The van der Waals surface area contributed by atoms with Gasteiger partial charge in [-0.25, -0.2) is 0 Å². The van der Waals surface area contributed by atoms with Gasteiger partial charge in [0.15, 0.2) is 0 Å². The number of rotatable bonds is 4. The normalized spacial score (nSPS) is 11.0. The lowest BCUT2D eigenvalue weighted by molar-refractivity contribution is 0.0772. The fourth-order valence-electron chi connectivity index (χ4n) is 2.41. The monoisotopic (exact) mass is 401 g/mol. The minimum absolute atomic E-state index is 0.0255. The number of aromatic nitrogens is 4. The fourth-order valence-corrected chi connectivity index (χ4v) is 3.12. The highest BCUT2D eigenvalue weighted by atomic mass is 127. The molecule has 2 aromatic rings. The highest BCUT2D eigenvalue weighted by Gasteiger charge is 2.21. The minimum atomic E-state index is -0.0255. The maximum absolute atomic E-state index is 12.6. The maximum Gasteiger partial charge on any atom is 0.273 e. The summed E-state index contributed by atoms with van der Waals surface area (Å²) in [5.74, 6) is -0.0255. The molecule has 0 N–H and O–H groups in total. The van der Waals surface area contributed by atoms with Crippen molar-refractivity contribution in [2.75, 3.05) is 7.05 Å². The van der Waals surface area contributed by atoms with Gasteiger partial charge in [-0.1, -0.05) is 0 Å². The molecule has 0 aliphatic rings. The summed E-state index contributed by atoms with van der Waals surface area (Å²) in [6.45, 7) is 7.49. The van der Waals surface area contributed by atoms with Crippen LogP contribution in [0.25, 0.3) is 0 Å². The van der Waals surface area contributed by atoms with Gasteiger partial charge in [0.05, 0.1) is 15.5 Å². The van der Waals surface area contributed by atoms with Crippen molar-refractivity contribution in [2.24, 2.45) is 7.05 Å². The molecule has 0 fully saturated rings. The zero-order valence-corrected chi connectivity index (χ0v) is 15.2. The molecule has 114 valence electrons. The van der Waals surface area contributed by atoms with Crippen LogP contribution >= 0.6 is 22.6 Å². The first kappa shape index (κ1) is 16.0. The van der Waals surface area contributed by atoms with E-state index in [2.05, 4.69) is 39.7 Å². The molecule has 21 heavy (non-hydrogen) atoms. The van der Waals surface area contributed by atoms with Crippen molar-refractivity contribution in [3.63, 3.8) is 0 Å². The number of aryl methyl sites for hydroxylation is 3. The predicted molar refractivity (Wildman–Crippen MR) is 89.1 cm³/mol. The largest absolute Gasteiger partial charge is 0.336 e. The Bertz CT molecular complexity index is 654. The van der Waals surface area contributed by atoms with E-state index in [0.29, 0.717) is 12.2 Å². The Kier molecular flexibility index (Phi) is 4.70. The Balaban J connectivity index is 2.24. The average Bonchev–Trinajstić information content (AvgIpc) is 2.91. The molecule has 0 spiro atoms. The van der Waals surface area contributed by atoms with Crippen LogP contribution in [0.15, 0.2) is 6.20 Å². The van der Waals surface area contributed by atoms with Crippen molar-refractivity contribution < 1.29 is 4.79 Å². The summed E-state index contributed by atoms with van der Waals surface area (Å²) in [6, 6.07) is 0. The van der Waals surface area contributed by atoms with Gasteiger partial charge >= 0.3 is 0 Å². The first-order chi connectivity index (χ1) is 9.86. The van der Waals surface area contributed by atoms with E-state index in [1.54, 1.807) is 22.8 Å². The van der Waals surface area contributed by atoms with Gasteiger partial charge in [0.2, 0.25) is 0 Å². The molecule has 0 radical (unpaired) electrons. The molecule has 1 amide bonds. The fraction of sp³-hybridized carbons (Fsp3) is 0.500. The second-order valence-electron chi connectivity index (χ2n) is 5.09. The molecule has 2 heterocycles. The van der Waals surface area contributed by atoms with Gasteiger partial charge in [0, 0.05) is 38.4 Å². The number of carbonyl (C=O) groups is 1. The van der Waals surface area contributed by atoms with Gasteiger partial charge in [-0.3, -0.25) is 14.2 Å². The summed E-state index contributed by atoms with van der Waals surface area (Å²) in [5, 5.41) is 8.62. The number of hydrogen-bond donors (Lipinski definition) is 0. The van der Waals surface area contributed by atoms with Gasteiger partial charge in [0.25, 0.3) is 5.91 Å². The van der Waals surface area contributed by atoms with Crippen LogP contribution in [-0.4, -0.2) is 37.4 Å². The Morgan fingerprint density at radius 2 is 2.10 bits per heavy atom. The highest BCUT2D eigenvalue weighted by Crippen LogP contribution is 2.18. The molecule has 2 rings (SSSR count). The molecule has 0 bridgehead atoms.